The Morgan fingerprint density at radius 2 is 1.79 bits per heavy atom. The van der Waals surface area contributed by atoms with Gasteiger partial charge in [-0.15, -0.1) is 12.4 Å². The lowest BCUT2D eigenvalue weighted by Crippen LogP contribution is -2.31. The summed E-state index contributed by atoms with van der Waals surface area (Å²) in [6, 6.07) is 4.23. The van der Waals surface area contributed by atoms with Crippen molar-refractivity contribution in [1.29, 1.82) is 0 Å². The molecule has 1 aromatic carbocycles. The van der Waals surface area contributed by atoms with Crippen LogP contribution in [0.2, 0.25) is 0 Å². The number of hydrogen-bond acceptors (Lipinski definition) is 5. The van der Waals surface area contributed by atoms with Crippen molar-refractivity contribution in [2.24, 2.45) is 0 Å². The van der Waals surface area contributed by atoms with E-state index in [1.165, 1.54) is 0 Å². The van der Waals surface area contributed by atoms with Crippen LogP contribution in [0.5, 0.6) is 5.75 Å². The van der Waals surface area contributed by atoms with E-state index in [2.05, 4.69) is 19.9 Å². The second kappa shape index (κ2) is 8.58. The molecule has 33 heavy (non-hydrogen) atoms. The standard InChI is InChI=1S/C20H14F6N4O2.ClH/c1-10-13(5-7-30-8-6-27-17(10)30)16-28-18(32-29-16)12-3-4-15(14(9-12)20(24,25)26)31-11(2)19(21,22)23;/h3-9,11H,1-2H3;1H. The Bertz CT molecular complexity index is 1280. The second-order valence-electron chi connectivity index (χ2n) is 6.95. The molecule has 0 aliphatic heterocycles. The van der Waals surface area contributed by atoms with Crippen molar-refractivity contribution in [2.75, 3.05) is 0 Å². The van der Waals surface area contributed by atoms with E-state index < -0.39 is 29.8 Å². The predicted octanol–water partition coefficient (Wildman–Crippen LogP) is 6.13. The van der Waals surface area contributed by atoms with Gasteiger partial charge in [-0.1, -0.05) is 5.16 Å². The van der Waals surface area contributed by atoms with Gasteiger partial charge in [-0.25, -0.2) is 4.98 Å². The summed E-state index contributed by atoms with van der Waals surface area (Å²) < 4.78 is 90.1. The normalized spacial score (nSPS) is 13.1. The SMILES string of the molecule is Cc1c(-c2noc(-c3ccc(OC(C)C(F)(F)F)c(C(F)(F)F)c3)n2)ccn2ccnc12.Cl. The fourth-order valence-electron chi connectivity index (χ4n) is 3.06. The topological polar surface area (TPSA) is 65.5 Å². The molecule has 6 nitrogen and oxygen atoms in total. The minimum atomic E-state index is -4.97. The number of alkyl halides is 6. The van der Waals surface area contributed by atoms with Gasteiger partial charge in [0, 0.05) is 35.3 Å². The highest BCUT2D eigenvalue weighted by molar-refractivity contribution is 5.85. The van der Waals surface area contributed by atoms with Gasteiger partial charge in [-0.2, -0.15) is 31.3 Å². The number of nitrogens with zero attached hydrogens (tertiary/aromatic N) is 4. The van der Waals surface area contributed by atoms with E-state index in [1.807, 2.05) is 0 Å². The highest BCUT2D eigenvalue weighted by atomic mass is 35.5. The van der Waals surface area contributed by atoms with Crippen LogP contribution in [0.4, 0.5) is 26.3 Å². The molecule has 1 unspecified atom stereocenters. The van der Waals surface area contributed by atoms with Gasteiger partial charge in [0.2, 0.25) is 5.82 Å². The summed E-state index contributed by atoms with van der Waals surface area (Å²) in [5.74, 6) is -1.06. The third-order valence-electron chi connectivity index (χ3n) is 4.77. The van der Waals surface area contributed by atoms with Crippen LogP contribution in [-0.2, 0) is 6.18 Å². The Labute approximate surface area is 188 Å². The molecule has 3 heterocycles. The first kappa shape index (κ1) is 24.4. The summed E-state index contributed by atoms with van der Waals surface area (Å²) in [6.07, 6.45) is -7.15. The van der Waals surface area contributed by atoms with Crippen LogP contribution in [-0.4, -0.2) is 31.8 Å². The molecule has 0 radical (unpaired) electrons. The molecule has 3 aromatic heterocycles. The van der Waals surface area contributed by atoms with Crippen LogP contribution < -0.4 is 4.74 Å². The van der Waals surface area contributed by atoms with Gasteiger partial charge in [0.1, 0.15) is 11.4 Å². The van der Waals surface area contributed by atoms with Crippen molar-refractivity contribution in [2.45, 2.75) is 32.3 Å². The molecule has 176 valence electrons. The summed E-state index contributed by atoms with van der Waals surface area (Å²) in [5, 5.41) is 3.83. The molecule has 0 fully saturated rings. The monoisotopic (exact) mass is 492 g/mol. The first-order valence-electron chi connectivity index (χ1n) is 9.16. The van der Waals surface area contributed by atoms with Crippen LogP contribution in [0.1, 0.15) is 18.1 Å². The number of fused-ring (bicyclic) bond motifs is 1. The van der Waals surface area contributed by atoms with Crippen LogP contribution in [0.15, 0.2) is 47.4 Å². The van der Waals surface area contributed by atoms with Gasteiger partial charge in [0.05, 0.1) is 5.56 Å². The summed E-state index contributed by atoms with van der Waals surface area (Å²) in [4.78, 5) is 8.37. The smallest absolute Gasteiger partial charge is 0.425 e. The molecule has 0 N–H and O–H groups in total. The highest BCUT2D eigenvalue weighted by Crippen LogP contribution is 2.40. The number of rotatable bonds is 4. The van der Waals surface area contributed by atoms with Crippen molar-refractivity contribution < 1.29 is 35.6 Å². The molecule has 0 saturated carbocycles. The average Bonchev–Trinajstić information content (AvgIpc) is 3.37. The molecule has 0 aliphatic carbocycles. The van der Waals surface area contributed by atoms with Gasteiger partial charge in [0.25, 0.3) is 5.89 Å². The Balaban J connectivity index is 0.00000306. The number of aryl methyl sites for hydroxylation is 1. The minimum absolute atomic E-state index is 0. The maximum atomic E-state index is 13.5. The van der Waals surface area contributed by atoms with Crippen LogP contribution in [0, 0.1) is 6.92 Å². The number of halogens is 7. The lowest BCUT2D eigenvalue weighted by Gasteiger charge is -2.20. The predicted molar refractivity (Wildman–Crippen MR) is 107 cm³/mol. The number of aromatic nitrogens is 4. The summed E-state index contributed by atoms with van der Waals surface area (Å²) >= 11 is 0. The fraction of sp³-hybridized carbons (Fsp3) is 0.250. The number of pyridine rings is 1. The molecule has 1 atom stereocenters. The van der Waals surface area contributed by atoms with Crippen LogP contribution in [0.3, 0.4) is 0 Å². The molecule has 4 aromatic rings. The average molecular weight is 493 g/mol. The largest absolute Gasteiger partial charge is 0.481 e. The van der Waals surface area contributed by atoms with E-state index in [4.69, 9.17) is 4.52 Å². The second-order valence-corrected chi connectivity index (χ2v) is 6.95. The number of benzene rings is 1. The quantitative estimate of drug-likeness (QED) is 0.321. The first-order valence-corrected chi connectivity index (χ1v) is 9.16. The van der Waals surface area contributed by atoms with Crippen molar-refractivity contribution in [3.63, 3.8) is 0 Å². The van der Waals surface area contributed by atoms with E-state index in [0.717, 1.165) is 17.7 Å². The van der Waals surface area contributed by atoms with Gasteiger partial charge in [0.15, 0.2) is 6.10 Å². The van der Waals surface area contributed by atoms with Gasteiger partial charge in [-0.3, -0.25) is 0 Å². The van der Waals surface area contributed by atoms with Gasteiger partial charge >= 0.3 is 12.4 Å². The summed E-state index contributed by atoms with van der Waals surface area (Å²) in [5.41, 5.74) is 0.427. The fourth-order valence-corrected chi connectivity index (χ4v) is 3.06. The van der Waals surface area contributed by atoms with Crippen LogP contribution >= 0.6 is 12.4 Å². The van der Waals surface area contributed by atoms with E-state index >= 15 is 0 Å². The van der Waals surface area contributed by atoms with Crippen molar-refractivity contribution in [3.8, 4) is 28.6 Å². The number of hydrogen-bond donors (Lipinski definition) is 0. The third-order valence-corrected chi connectivity index (χ3v) is 4.77. The molecular formula is C20H15ClF6N4O2. The van der Waals surface area contributed by atoms with E-state index in [1.54, 1.807) is 36.0 Å². The Morgan fingerprint density at radius 3 is 2.45 bits per heavy atom. The van der Waals surface area contributed by atoms with E-state index in [0.29, 0.717) is 24.2 Å². The Morgan fingerprint density at radius 1 is 1.06 bits per heavy atom. The Kier molecular flexibility index (Phi) is 6.33. The molecule has 0 bridgehead atoms. The number of imidazole rings is 1. The maximum Gasteiger partial charge on any atom is 0.425 e. The maximum absolute atomic E-state index is 13.5. The number of ether oxygens (including phenoxy) is 1. The molecular weight excluding hydrogens is 478 g/mol. The molecule has 4 rings (SSSR count). The van der Waals surface area contributed by atoms with Gasteiger partial charge in [-0.05, 0) is 38.1 Å². The van der Waals surface area contributed by atoms with Crippen molar-refractivity contribution in [1.82, 2.24) is 19.5 Å². The molecule has 0 amide bonds. The summed E-state index contributed by atoms with van der Waals surface area (Å²) in [6.45, 7) is 2.40. The molecule has 0 saturated heterocycles. The van der Waals surface area contributed by atoms with Crippen molar-refractivity contribution >= 4 is 18.1 Å². The zero-order valence-electron chi connectivity index (χ0n) is 16.9. The van der Waals surface area contributed by atoms with Gasteiger partial charge < -0.3 is 13.7 Å². The van der Waals surface area contributed by atoms with Crippen LogP contribution in [0.25, 0.3) is 28.5 Å². The molecule has 0 spiro atoms. The molecule has 13 heteroatoms. The Hall–Kier alpha value is -3.28. The van der Waals surface area contributed by atoms with Crippen molar-refractivity contribution in [3.05, 3.63) is 54.0 Å². The lowest BCUT2D eigenvalue weighted by atomic mass is 10.1. The lowest BCUT2D eigenvalue weighted by molar-refractivity contribution is -0.191. The third kappa shape index (κ3) is 4.75. The highest BCUT2D eigenvalue weighted by Gasteiger charge is 2.41. The first-order chi connectivity index (χ1) is 14.9. The zero-order valence-corrected chi connectivity index (χ0v) is 17.7. The van der Waals surface area contributed by atoms with E-state index in [-0.39, 0.29) is 29.7 Å². The van der Waals surface area contributed by atoms with E-state index in [9.17, 15) is 26.3 Å². The summed E-state index contributed by atoms with van der Waals surface area (Å²) in [7, 11) is 0. The molecule has 0 aliphatic rings. The zero-order chi connectivity index (χ0) is 23.3. The minimum Gasteiger partial charge on any atom is -0.481 e.